The van der Waals surface area contributed by atoms with Gasteiger partial charge >= 0.3 is 0 Å². The standard InChI is InChI=1S/C17H22N2O3/c1-13-3-4-15(14(2)11-13)5-6-16(21)18-7-9-19(10-8-18)17(22)12-20/h3-6,11,20H,7-10,12H2,1-2H3/b6-5+. The number of aliphatic hydroxyl groups is 1. The predicted molar refractivity (Wildman–Crippen MR) is 85.2 cm³/mol. The fourth-order valence-corrected chi connectivity index (χ4v) is 2.56. The number of carbonyl (C=O) groups is 2. The molecule has 1 aromatic rings. The number of aliphatic hydroxyl groups excluding tert-OH is 1. The van der Waals surface area contributed by atoms with Crippen molar-refractivity contribution in [1.82, 2.24) is 9.80 Å². The Hall–Kier alpha value is -2.14. The van der Waals surface area contributed by atoms with E-state index in [4.69, 9.17) is 5.11 Å². The van der Waals surface area contributed by atoms with Crippen molar-refractivity contribution in [3.63, 3.8) is 0 Å². The number of aryl methyl sites for hydroxylation is 2. The van der Waals surface area contributed by atoms with E-state index in [-0.39, 0.29) is 11.8 Å². The van der Waals surface area contributed by atoms with Crippen molar-refractivity contribution < 1.29 is 14.7 Å². The van der Waals surface area contributed by atoms with Gasteiger partial charge < -0.3 is 14.9 Å². The van der Waals surface area contributed by atoms with Crippen molar-refractivity contribution in [3.8, 4) is 0 Å². The zero-order valence-corrected chi connectivity index (χ0v) is 13.1. The summed E-state index contributed by atoms with van der Waals surface area (Å²) in [7, 11) is 0. The SMILES string of the molecule is Cc1ccc(/C=C/C(=O)N2CCN(C(=O)CO)CC2)c(C)c1. The lowest BCUT2D eigenvalue weighted by atomic mass is 10.1. The summed E-state index contributed by atoms with van der Waals surface area (Å²) in [6.07, 6.45) is 3.42. The first-order valence-corrected chi connectivity index (χ1v) is 7.44. The molecule has 118 valence electrons. The highest BCUT2D eigenvalue weighted by molar-refractivity contribution is 5.92. The van der Waals surface area contributed by atoms with Gasteiger partial charge in [-0.05, 0) is 31.1 Å². The van der Waals surface area contributed by atoms with Gasteiger partial charge in [-0.3, -0.25) is 9.59 Å². The number of amides is 2. The predicted octanol–water partition coefficient (Wildman–Crippen LogP) is 0.980. The maximum atomic E-state index is 12.2. The van der Waals surface area contributed by atoms with Crippen LogP contribution in [0.15, 0.2) is 24.3 Å². The van der Waals surface area contributed by atoms with Crippen molar-refractivity contribution >= 4 is 17.9 Å². The maximum Gasteiger partial charge on any atom is 0.248 e. The summed E-state index contributed by atoms with van der Waals surface area (Å²) in [5.41, 5.74) is 3.38. The molecule has 1 fully saturated rings. The molecule has 0 bridgehead atoms. The maximum absolute atomic E-state index is 12.2. The van der Waals surface area contributed by atoms with Gasteiger partial charge in [0.05, 0.1) is 0 Å². The van der Waals surface area contributed by atoms with Crippen molar-refractivity contribution in [3.05, 3.63) is 41.0 Å². The lowest BCUT2D eigenvalue weighted by molar-refractivity contribution is -0.139. The summed E-state index contributed by atoms with van der Waals surface area (Å²) < 4.78 is 0. The molecule has 0 radical (unpaired) electrons. The van der Waals surface area contributed by atoms with Crippen LogP contribution in [0.4, 0.5) is 0 Å². The van der Waals surface area contributed by atoms with Gasteiger partial charge in [0.2, 0.25) is 11.8 Å². The Morgan fingerprint density at radius 2 is 1.77 bits per heavy atom. The summed E-state index contributed by atoms with van der Waals surface area (Å²) in [5.74, 6) is -0.325. The third-order valence-corrected chi connectivity index (χ3v) is 3.91. The summed E-state index contributed by atoms with van der Waals surface area (Å²) in [4.78, 5) is 26.9. The Morgan fingerprint density at radius 3 is 2.36 bits per heavy atom. The van der Waals surface area contributed by atoms with Crippen LogP contribution >= 0.6 is 0 Å². The van der Waals surface area contributed by atoms with Gasteiger partial charge in [-0.25, -0.2) is 0 Å². The van der Waals surface area contributed by atoms with Gasteiger partial charge in [0.25, 0.3) is 0 Å². The first-order valence-electron chi connectivity index (χ1n) is 7.44. The minimum Gasteiger partial charge on any atom is -0.387 e. The van der Waals surface area contributed by atoms with Gasteiger partial charge in [0.1, 0.15) is 6.61 Å². The number of rotatable bonds is 3. The Kier molecular flexibility index (Phi) is 5.33. The molecule has 0 unspecified atom stereocenters. The van der Waals surface area contributed by atoms with Gasteiger partial charge in [-0.2, -0.15) is 0 Å². The van der Waals surface area contributed by atoms with E-state index in [9.17, 15) is 9.59 Å². The number of hydrogen-bond donors (Lipinski definition) is 1. The van der Waals surface area contributed by atoms with E-state index in [1.807, 2.05) is 32.1 Å². The van der Waals surface area contributed by atoms with Crippen LogP contribution < -0.4 is 0 Å². The molecule has 1 N–H and O–H groups in total. The molecule has 0 spiro atoms. The molecule has 0 aromatic heterocycles. The van der Waals surface area contributed by atoms with Gasteiger partial charge in [-0.15, -0.1) is 0 Å². The molecule has 0 atom stereocenters. The minimum absolute atomic E-state index is 0.0453. The number of hydrogen-bond acceptors (Lipinski definition) is 3. The zero-order valence-electron chi connectivity index (χ0n) is 13.1. The van der Waals surface area contributed by atoms with E-state index in [0.717, 1.165) is 11.1 Å². The molecular formula is C17H22N2O3. The highest BCUT2D eigenvalue weighted by Crippen LogP contribution is 2.12. The Morgan fingerprint density at radius 1 is 1.14 bits per heavy atom. The highest BCUT2D eigenvalue weighted by atomic mass is 16.3. The molecule has 22 heavy (non-hydrogen) atoms. The van der Waals surface area contributed by atoms with Crippen molar-refractivity contribution in [2.24, 2.45) is 0 Å². The molecular weight excluding hydrogens is 280 g/mol. The highest BCUT2D eigenvalue weighted by Gasteiger charge is 2.22. The van der Waals surface area contributed by atoms with Crippen LogP contribution in [0.3, 0.4) is 0 Å². The molecule has 0 saturated carbocycles. The quantitative estimate of drug-likeness (QED) is 0.847. The van der Waals surface area contributed by atoms with Crippen molar-refractivity contribution in [1.29, 1.82) is 0 Å². The normalized spacial score (nSPS) is 15.4. The Balaban J connectivity index is 1.93. The second kappa shape index (κ2) is 7.22. The van der Waals surface area contributed by atoms with E-state index in [2.05, 4.69) is 6.07 Å². The monoisotopic (exact) mass is 302 g/mol. The first kappa shape index (κ1) is 16.2. The van der Waals surface area contributed by atoms with Crippen molar-refractivity contribution in [2.45, 2.75) is 13.8 Å². The largest absolute Gasteiger partial charge is 0.387 e. The molecule has 1 aromatic carbocycles. The average molecular weight is 302 g/mol. The third kappa shape index (κ3) is 3.95. The topological polar surface area (TPSA) is 60.9 Å². The van der Waals surface area contributed by atoms with Crippen LogP contribution in [-0.2, 0) is 9.59 Å². The fourth-order valence-electron chi connectivity index (χ4n) is 2.56. The van der Waals surface area contributed by atoms with Crippen LogP contribution in [-0.4, -0.2) is 59.5 Å². The van der Waals surface area contributed by atoms with Gasteiger partial charge in [0, 0.05) is 32.3 Å². The summed E-state index contributed by atoms with van der Waals surface area (Å²) in [6.45, 7) is 5.55. The van der Waals surface area contributed by atoms with Crippen LogP contribution in [0, 0.1) is 13.8 Å². The van der Waals surface area contributed by atoms with E-state index in [0.29, 0.717) is 26.2 Å². The zero-order chi connectivity index (χ0) is 16.1. The van der Waals surface area contributed by atoms with Crippen LogP contribution in [0.1, 0.15) is 16.7 Å². The number of carbonyl (C=O) groups excluding carboxylic acids is 2. The molecule has 2 rings (SSSR count). The van der Waals surface area contributed by atoms with E-state index < -0.39 is 6.61 Å². The van der Waals surface area contributed by atoms with Gasteiger partial charge in [-0.1, -0.05) is 23.8 Å². The molecule has 1 aliphatic heterocycles. The summed E-state index contributed by atoms with van der Waals surface area (Å²) in [6, 6.07) is 6.12. The average Bonchev–Trinajstić information content (AvgIpc) is 2.53. The van der Waals surface area contributed by atoms with Gasteiger partial charge in [0.15, 0.2) is 0 Å². The lowest BCUT2D eigenvalue weighted by Crippen LogP contribution is -2.50. The third-order valence-electron chi connectivity index (χ3n) is 3.91. The van der Waals surface area contributed by atoms with Crippen LogP contribution in [0.25, 0.3) is 6.08 Å². The van der Waals surface area contributed by atoms with E-state index in [1.165, 1.54) is 5.56 Å². The van der Waals surface area contributed by atoms with Crippen LogP contribution in [0.5, 0.6) is 0 Å². The van der Waals surface area contributed by atoms with E-state index >= 15 is 0 Å². The number of benzene rings is 1. The number of nitrogens with zero attached hydrogens (tertiary/aromatic N) is 2. The molecule has 0 aliphatic carbocycles. The van der Waals surface area contributed by atoms with Crippen LogP contribution in [0.2, 0.25) is 0 Å². The Labute approximate surface area is 130 Å². The molecule has 1 saturated heterocycles. The molecule has 5 heteroatoms. The lowest BCUT2D eigenvalue weighted by Gasteiger charge is -2.33. The molecule has 5 nitrogen and oxygen atoms in total. The molecule has 2 amide bonds. The fraction of sp³-hybridized carbons (Fsp3) is 0.412. The molecule has 1 heterocycles. The summed E-state index contributed by atoms with van der Waals surface area (Å²) in [5, 5.41) is 8.83. The van der Waals surface area contributed by atoms with E-state index in [1.54, 1.807) is 15.9 Å². The second-order valence-corrected chi connectivity index (χ2v) is 5.56. The first-order chi connectivity index (χ1) is 10.5. The molecule has 1 aliphatic rings. The smallest absolute Gasteiger partial charge is 0.248 e. The van der Waals surface area contributed by atoms with Crippen molar-refractivity contribution in [2.75, 3.05) is 32.8 Å². The minimum atomic E-state index is -0.472. The number of piperazine rings is 1. The summed E-state index contributed by atoms with van der Waals surface area (Å²) >= 11 is 0. The Bertz CT molecular complexity index is 588. The second-order valence-electron chi connectivity index (χ2n) is 5.56.